The summed E-state index contributed by atoms with van der Waals surface area (Å²) in [5.74, 6) is -0.0641. The van der Waals surface area contributed by atoms with Crippen LogP contribution in [0.5, 0.6) is 5.75 Å². The van der Waals surface area contributed by atoms with E-state index in [1.807, 2.05) is 61.5 Å². The topological polar surface area (TPSA) is 79.0 Å². The molecule has 1 atom stereocenters. The van der Waals surface area contributed by atoms with Gasteiger partial charge in [-0.15, -0.1) is 0 Å². The first-order valence-corrected chi connectivity index (χ1v) is 11.5. The van der Waals surface area contributed by atoms with Crippen LogP contribution in [0.1, 0.15) is 36.2 Å². The van der Waals surface area contributed by atoms with Crippen molar-refractivity contribution in [2.24, 2.45) is 0 Å². The highest BCUT2D eigenvalue weighted by atomic mass is 16.5. The third-order valence-corrected chi connectivity index (χ3v) is 6.15. The first kappa shape index (κ1) is 23.3. The van der Waals surface area contributed by atoms with Gasteiger partial charge in [0, 0.05) is 24.0 Å². The Labute approximate surface area is 199 Å². The van der Waals surface area contributed by atoms with Gasteiger partial charge in [-0.2, -0.15) is 0 Å². The van der Waals surface area contributed by atoms with Crippen LogP contribution < -0.4 is 15.0 Å². The van der Waals surface area contributed by atoms with Crippen LogP contribution in [0.3, 0.4) is 0 Å². The van der Waals surface area contributed by atoms with Crippen molar-refractivity contribution in [1.29, 1.82) is 0 Å². The van der Waals surface area contributed by atoms with E-state index < -0.39 is 6.04 Å². The van der Waals surface area contributed by atoms with Gasteiger partial charge in [0.05, 0.1) is 12.8 Å². The summed E-state index contributed by atoms with van der Waals surface area (Å²) in [5.41, 5.74) is 2.14. The molecule has 176 valence electrons. The molecule has 7 nitrogen and oxygen atoms in total. The van der Waals surface area contributed by atoms with Gasteiger partial charge >= 0.3 is 0 Å². The minimum Gasteiger partial charge on any atom is -0.497 e. The Morgan fingerprint density at radius 1 is 1.09 bits per heavy atom. The molecule has 7 heteroatoms. The van der Waals surface area contributed by atoms with Crippen LogP contribution in [-0.2, 0) is 16.1 Å². The van der Waals surface area contributed by atoms with Crippen LogP contribution in [0.4, 0.5) is 5.69 Å². The molecule has 1 aliphatic heterocycles. The Bertz CT molecular complexity index is 1230. The summed E-state index contributed by atoms with van der Waals surface area (Å²) in [7, 11) is 1.58. The quantitative estimate of drug-likeness (QED) is 0.529. The number of hydrogen-bond acceptors (Lipinski definition) is 4. The number of anilines is 1. The summed E-state index contributed by atoms with van der Waals surface area (Å²) < 4.78 is 5.31. The van der Waals surface area contributed by atoms with E-state index in [2.05, 4.69) is 5.32 Å². The maximum absolute atomic E-state index is 13.6. The second-order valence-corrected chi connectivity index (χ2v) is 8.41. The van der Waals surface area contributed by atoms with E-state index in [1.165, 1.54) is 9.80 Å². The van der Waals surface area contributed by atoms with E-state index in [-0.39, 0.29) is 30.8 Å². The molecule has 34 heavy (non-hydrogen) atoms. The highest BCUT2D eigenvalue weighted by Gasteiger charge is 2.34. The second-order valence-electron chi connectivity index (χ2n) is 8.41. The lowest BCUT2D eigenvalue weighted by Crippen LogP contribution is -2.51. The van der Waals surface area contributed by atoms with Crippen LogP contribution >= 0.6 is 0 Å². The van der Waals surface area contributed by atoms with Crippen molar-refractivity contribution >= 4 is 34.2 Å². The number of nitrogens with one attached hydrogen (secondary N) is 1. The van der Waals surface area contributed by atoms with Crippen molar-refractivity contribution in [2.45, 2.75) is 32.9 Å². The molecule has 0 saturated carbocycles. The van der Waals surface area contributed by atoms with E-state index in [9.17, 15) is 14.4 Å². The van der Waals surface area contributed by atoms with Crippen LogP contribution in [0.15, 0.2) is 60.7 Å². The Kier molecular flexibility index (Phi) is 6.82. The molecule has 3 aromatic rings. The van der Waals surface area contributed by atoms with E-state index in [0.717, 1.165) is 28.4 Å². The van der Waals surface area contributed by atoms with Crippen molar-refractivity contribution in [1.82, 2.24) is 10.2 Å². The van der Waals surface area contributed by atoms with Crippen molar-refractivity contribution in [3.05, 3.63) is 71.8 Å². The largest absolute Gasteiger partial charge is 0.497 e. The van der Waals surface area contributed by atoms with Crippen LogP contribution in [-0.4, -0.2) is 48.9 Å². The van der Waals surface area contributed by atoms with Crippen molar-refractivity contribution in [2.75, 3.05) is 25.1 Å². The molecule has 0 saturated heterocycles. The number of hydrogen-bond donors (Lipinski definition) is 1. The normalized spacial score (nSPS) is 13.1. The van der Waals surface area contributed by atoms with Gasteiger partial charge in [0.25, 0.3) is 5.91 Å². The van der Waals surface area contributed by atoms with Gasteiger partial charge in [-0.05, 0) is 48.6 Å². The first-order chi connectivity index (χ1) is 16.4. The molecular weight excluding hydrogens is 430 g/mol. The maximum Gasteiger partial charge on any atom is 0.259 e. The predicted molar refractivity (Wildman–Crippen MR) is 132 cm³/mol. The molecule has 0 aliphatic carbocycles. The smallest absolute Gasteiger partial charge is 0.259 e. The summed E-state index contributed by atoms with van der Waals surface area (Å²) in [6.07, 6.45) is 0.798. The average Bonchev–Trinajstić information content (AvgIpc) is 3.13. The Hall–Kier alpha value is -3.87. The van der Waals surface area contributed by atoms with E-state index in [1.54, 1.807) is 20.1 Å². The van der Waals surface area contributed by atoms with Crippen LogP contribution in [0.25, 0.3) is 10.8 Å². The van der Waals surface area contributed by atoms with E-state index in [4.69, 9.17) is 4.74 Å². The van der Waals surface area contributed by atoms with E-state index >= 15 is 0 Å². The molecule has 0 bridgehead atoms. The summed E-state index contributed by atoms with van der Waals surface area (Å²) >= 11 is 0. The third-order valence-electron chi connectivity index (χ3n) is 6.15. The molecular formula is C27H29N3O4. The molecule has 0 radical (unpaired) electrons. The van der Waals surface area contributed by atoms with E-state index in [0.29, 0.717) is 17.9 Å². The molecule has 4 rings (SSSR count). The lowest BCUT2D eigenvalue weighted by molar-refractivity contribution is -0.139. The van der Waals surface area contributed by atoms with Crippen molar-refractivity contribution < 1.29 is 19.1 Å². The summed E-state index contributed by atoms with van der Waals surface area (Å²) in [6.45, 7) is 4.29. The standard InChI is InChI=1S/C27H29N3O4/c1-4-14-28-26(32)18(2)29(16-19-8-5-11-21(15-19)34-3)24(31)17-30-23-13-7-10-20-9-6-12-22(25(20)23)27(30)33/h5-13,15,18H,4,14,16-17H2,1-3H3,(H,28,32)/t18-/m0/s1. The molecule has 0 unspecified atom stereocenters. The third kappa shape index (κ3) is 4.46. The lowest BCUT2D eigenvalue weighted by atomic mass is 10.1. The molecule has 0 aromatic heterocycles. The summed E-state index contributed by atoms with van der Waals surface area (Å²) in [5, 5.41) is 4.68. The second kappa shape index (κ2) is 9.95. The van der Waals surface area contributed by atoms with Crippen molar-refractivity contribution in [3.8, 4) is 5.75 Å². The number of amides is 3. The Balaban J connectivity index is 1.62. The van der Waals surface area contributed by atoms with Gasteiger partial charge in [0.1, 0.15) is 18.3 Å². The first-order valence-electron chi connectivity index (χ1n) is 11.5. The van der Waals surface area contributed by atoms with Gasteiger partial charge in [-0.1, -0.05) is 43.3 Å². The minimum atomic E-state index is -0.707. The van der Waals surface area contributed by atoms with Crippen LogP contribution in [0.2, 0.25) is 0 Å². The predicted octanol–water partition coefficient (Wildman–Crippen LogP) is 3.75. The zero-order valence-electron chi connectivity index (χ0n) is 19.7. The fraction of sp³-hybridized carbons (Fsp3) is 0.296. The molecule has 1 N–H and O–H groups in total. The molecule has 1 aliphatic rings. The monoisotopic (exact) mass is 459 g/mol. The highest BCUT2D eigenvalue weighted by Crippen LogP contribution is 2.37. The van der Waals surface area contributed by atoms with Crippen molar-refractivity contribution in [3.63, 3.8) is 0 Å². The SMILES string of the molecule is CCCNC(=O)[C@H](C)N(Cc1cccc(OC)c1)C(=O)CN1C(=O)c2cccc3cccc1c23. The number of ether oxygens (including phenoxy) is 1. The zero-order valence-corrected chi connectivity index (χ0v) is 19.7. The summed E-state index contributed by atoms with van der Waals surface area (Å²) in [6, 6.07) is 18.0. The average molecular weight is 460 g/mol. The van der Waals surface area contributed by atoms with Gasteiger partial charge in [0.2, 0.25) is 11.8 Å². The number of methoxy groups -OCH3 is 1. The maximum atomic E-state index is 13.6. The Morgan fingerprint density at radius 2 is 1.82 bits per heavy atom. The number of nitrogens with zero attached hydrogens (tertiary/aromatic N) is 2. The molecule has 0 fully saturated rings. The lowest BCUT2D eigenvalue weighted by Gasteiger charge is -2.30. The molecule has 0 spiro atoms. The summed E-state index contributed by atoms with van der Waals surface area (Å²) in [4.78, 5) is 42.6. The fourth-order valence-corrected chi connectivity index (χ4v) is 4.31. The fourth-order valence-electron chi connectivity index (χ4n) is 4.31. The number of carbonyl (C=O) groups excluding carboxylic acids is 3. The van der Waals surface area contributed by atoms with Gasteiger partial charge in [-0.3, -0.25) is 19.3 Å². The highest BCUT2D eigenvalue weighted by molar-refractivity contribution is 6.26. The van der Waals surface area contributed by atoms with Gasteiger partial charge in [-0.25, -0.2) is 0 Å². The number of carbonyl (C=O) groups is 3. The number of benzene rings is 3. The minimum absolute atomic E-state index is 0.151. The number of rotatable bonds is 9. The van der Waals surface area contributed by atoms with Crippen LogP contribution in [0, 0.1) is 0 Å². The van der Waals surface area contributed by atoms with Gasteiger partial charge in [0.15, 0.2) is 0 Å². The zero-order chi connectivity index (χ0) is 24.2. The molecule has 1 heterocycles. The van der Waals surface area contributed by atoms with Gasteiger partial charge < -0.3 is 15.0 Å². The Morgan fingerprint density at radius 3 is 2.56 bits per heavy atom. The molecule has 3 aromatic carbocycles. The molecule has 3 amide bonds.